The lowest BCUT2D eigenvalue weighted by Crippen LogP contribution is -2.18. The molecule has 0 radical (unpaired) electrons. The van der Waals surface area contributed by atoms with E-state index in [-0.39, 0.29) is 0 Å². The number of hydrogen-bond donors (Lipinski definition) is 0. The lowest BCUT2D eigenvalue weighted by molar-refractivity contribution is -0.297. The highest BCUT2D eigenvalue weighted by Gasteiger charge is 2.26. The topological polar surface area (TPSA) is 56.5 Å². The molecule has 132 valence electrons. The standard InChI is InChI=1S/C21H25NO3/c1-4-14-12-15(8-10-19(14)22(2)3)17-6-5-7-20-18(17)13-16(25-20)9-11-21(23)24/h8-13,17H,4-7H2,1-3H3,(H,23,24)/p-1/b11-9+. The van der Waals surface area contributed by atoms with Crippen molar-refractivity contribution in [3.63, 3.8) is 0 Å². The van der Waals surface area contributed by atoms with Crippen molar-refractivity contribution in [2.75, 3.05) is 19.0 Å². The van der Waals surface area contributed by atoms with Crippen molar-refractivity contribution in [2.24, 2.45) is 0 Å². The van der Waals surface area contributed by atoms with Gasteiger partial charge in [0.25, 0.3) is 0 Å². The number of aliphatic carboxylic acids is 1. The minimum atomic E-state index is -1.21. The number of carbonyl (C=O) groups excluding carboxylic acids is 1. The summed E-state index contributed by atoms with van der Waals surface area (Å²) in [6, 6.07) is 8.68. The first-order valence-corrected chi connectivity index (χ1v) is 8.81. The van der Waals surface area contributed by atoms with Crippen molar-refractivity contribution >= 4 is 17.7 Å². The minimum Gasteiger partial charge on any atom is -0.545 e. The van der Waals surface area contributed by atoms with E-state index in [9.17, 15) is 9.90 Å². The number of rotatable bonds is 5. The molecule has 0 spiro atoms. The van der Waals surface area contributed by atoms with Gasteiger partial charge >= 0.3 is 0 Å². The highest BCUT2D eigenvalue weighted by atomic mass is 16.4. The Morgan fingerprint density at radius 3 is 2.84 bits per heavy atom. The van der Waals surface area contributed by atoms with E-state index in [1.807, 2.05) is 6.07 Å². The van der Waals surface area contributed by atoms with Gasteiger partial charge in [-0.3, -0.25) is 0 Å². The fraction of sp³-hybridized carbons (Fsp3) is 0.381. The summed E-state index contributed by atoms with van der Waals surface area (Å²) in [5.41, 5.74) is 5.09. The zero-order chi connectivity index (χ0) is 18.0. The smallest absolute Gasteiger partial charge is 0.127 e. The van der Waals surface area contributed by atoms with Gasteiger partial charge in [-0.15, -0.1) is 0 Å². The first-order valence-electron chi connectivity index (χ1n) is 8.81. The molecular formula is C21H24NO3-. The molecule has 0 N–H and O–H groups in total. The molecule has 1 heterocycles. The van der Waals surface area contributed by atoms with Crippen molar-refractivity contribution in [2.45, 2.75) is 38.5 Å². The van der Waals surface area contributed by atoms with Crippen molar-refractivity contribution < 1.29 is 14.3 Å². The third-order valence-corrected chi connectivity index (χ3v) is 4.89. The first-order chi connectivity index (χ1) is 12.0. The number of aryl methyl sites for hydroxylation is 2. The van der Waals surface area contributed by atoms with Gasteiger partial charge < -0.3 is 19.2 Å². The average Bonchev–Trinajstić information content (AvgIpc) is 3.02. The molecule has 1 aliphatic carbocycles. The van der Waals surface area contributed by atoms with E-state index in [0.717, 1.165) is 37.5 Å². The summed E-state index contributed by atoms with van der Waals surface area (Å²) >= 11 is 0. The van der Waals surface area contributed by atoms with Crippen LogP contribution in [0.15, 0.2) is 34.8 Å². The van der Waals surface area contributed by atoms with E-state index >= 15 is 0 Å². The van der Waals surface area contributed by atoms with Crippen LogP contribution in [0.4, 0.5) is 5.69 Å². The number of anilines is 1. The number of furan rings is 1. The third-order valence-electron chi connectivity index (χ3n) is 4.89. The molecule has 1 aromatic carbocycles. The molecule has 1 aliphatic rings. The molecule has 0 amide bonds. The van der Waals surface area contributed by atoms with Crippen molar-refractivity contribution in [3.8, 4) is 0 Å². The number of nitrogens with zero attached hydrogens (tertiary/aromatic N) is 1. The van der Waals surface area contributed by atoms with Crippen LogP contribution in [-0.4, -0.2) is 20.1 Å². The molecule has 3 rings (SSSR count). The summed E-state index contributed by atoms with van der Waals surface area (Å²) in [5.74, 6) is 0.655. The monoisotopic (exact) mass is 338 g/mol. The Morgan fingerprint density at radius 1 is 1.36 bits per heavy atom. The van der Waals surface area contributed by atoms with Crippen LogP contribution >= 0.6 is 0 Å². The van der Waals surface area contributed by atoms with Crippen molar-refractivity contribution in [3.05, 3.63) is 58.6 Å². The van der Waals surface area contributed by atoms with Gasteiger partial charge in [0.05, 0.1) is 5.97 Å². The fourth-order valence-electron chi connectivity index (χ4n) is 3.70. The summed E-state index contributed by atoms with van der Waals surface area (Å²) in [6.45, 7) is 2.18. The molecule has 25 heavy (non-hydrogen) atoms. The van der Waals surface area contributed by atoms with Crippen LogP contribution in [0.1, 0.15) is 53.9 Å². The van der Waals surface area contributed by atoms with Crippen LogP contribution in [0.25, 0.3) is 6.08 Å². The number of benzene rings is 1. The molecule has 0 fully saturated rings. The minimum absolute atomic E-state index is 0.305. The van der Waals surface area contributed by atoms with Gasteiger partial charge in [-0.1, -0.05) is 19.1 Å². The molecular weight excluding hydrogens is 314 g/mol. The largest absolute Gasteiger partial charge is 0.545 e. The van der Waals surface area contributed by atoms with E-state index in [4.69, 9.17) is 4.42 Å². The Hall–Kier alpha value is -2.49. The van der Waals surface area contributed by atoms with Crippen LogP contribution in [0.2, 0.25) is 0 Å². The molecule has 1 aromatic heterocycles. The molecule has 0 bridgehead atoms. The zero-order valence-electron chi connectivity index (χ0n) is 15.0. The number of fused-ring (bicyclic) bond motifs is 1. The Bertz CT molecular complexity index is 801. The van der Waals surface area contributed by atoms with Gasteiger partial charge in [0, 0.05) is 37.7 Å². The number of hydrogen-bond acceptors (Lipinski definition) is 4. The number of carboxylic acids is 1. The Kier molecular flexibility index (Phi) is 4.98. The predicted molar refractivity (Wildman–Crippen MR) is 97.7 cm³/mol. The van der Waals surface area contributed by atoms with E-state index in [2.05, 4.69) is 44.1 Å². The molecule has 0 saturated carbocycles. The summed E-state index contributed by atoms with van der Waals surface area (Å²) in [6.07, 6.45) is 6.54. The van der Waals surface area contributed by atoms with Gasteiger partial charge in [-0.2, -0.15) is 0 Å². The van der Waals surface area contributed by atoms with Crippen LogP contribution in [0.5, 0.6) is 0 Å². The van der Waals surface area contributed by atoms with E-state index < -0.39 is 5.97 Å². The quantitative estimate of drug-likeness (QED) is 0.786. The maximum absolute atomic E-state index is 10.6. The average molecular weight is 338 g/mol. The molecule has 2 aromatic rings. The SMILES string of the molecule is CCc1cc(C2CCCc3oc(/C=C/C(=O)[O-])cc32)ccc1N(C)C. The number of carbonyl (C=O) groups is 1. The second kappa shape index (κ2) is 7.18. The summed E-state index contributed by atoms with van der Waals surface area (Å²) in [7, 11) is 4.14. The second-order valence-electron chi connectivity index (χ2n) is 6.76. The lowest BCUT2D eigenvalue weighted by atomic mass is 9.81. The maximum atomic E-state index is 10.6. The number of carboxylic acid groups (broad SMARTS) is 1. The molecule has 0 saturated heterocycles. The van der Waals surface area contributed by atoms with Crippen LogP contribution < -0.4 is 10.0 Å². The van der Waals surface area contributed by atoms with Crippen molar-refractivity contribution in [1.82, 2.24) is 0 Å². The van der Waals surface area contributed by atoms with Crippen LogP contribution in [0.3, 0.4) is 0 Å². The first kappa shape index (κ1) is 17.3. The maximum Gasteiger partial charge on any atom is 0.127 e. The van der Waals surface area contributed by atoms with E-state index in [0.29, 0.717) is 11.7 Å². The lowest BCUT2D eigenvalue weighted by Gasteiger charge is -2.24. The van der Waals surface area contributed by atoms with Crippen LogP contribution in [0, 0.1) is 0 Å². The van der Waals surface area contributed by atoms with Crippen LogP contribution in [-0.2, 0) is 17.6 Å². The fourth-order valence-corrected chi connectivity index (χ4v) is 3.70. The van der Waals surface area contributed by atoms with Gasteiger partial charge in [-0.25, -0.2) is 0 Å². The Balaban J connectivity index is 1.96. The Labute approximate surface area is 148 Å². The summed E-state index contributed by atoms with van der Waals surface area (Å²) in [5, 5.41) is 10.6. The predicted octanol–water partition coefficient (Wildman–Crippen LogP) is 3.14. The summed E-state index contributed by atoms with van der Waals surface area (Å²) < 4.78 is 5.84. The molecule has 0 aliphatic heterocycles. The molecule has 1 unspecified atom stereocenters. The van der Waals surface area contributed by atoms with Gasteiger partial charge in [0.2, 0.25) is 0 Å². The van der Waals surface area contributed by atoms with Gasteiger partial charge in [0.1, 0.15) is 11.5 Å². The zero-order valence-corrected chi connectivity index (χ0v) is 15.0. The highest BCUT2D eigenvalue weighted by molar-refractivity contribution is 5.83. The van der Waals surface area contributed by atoms with E-state index in [1.165, 1.54) is 28.5 Å². The summed E-state index contributed by atoms with van der Waals surface area (Å²) in [4.78, 5) is 12.8. The molecule has 4 heteroatoms. The Morgan fingerprint density at radius 2 is 2.16 bits per heavy atom. The molecule has 4 nitrogen and oxygen atoms in total. The normalized spacial score (nSPS) is 16.8. The van der Waals surface area contributed by atoms with Gasteiger partial charge in [-0.05, 0) is 54.7 Å². The van der Waals surface area contributed by atoms with E-state index in [1.54, 1.807) is 0 Å². The van der Waals surface area contributed by atoms with Crippen molar-refractivity contribution in [1.29, 1.82) is 0 Å². The third kappa shape index (κ3) is 3.63. The second-order valence-corrected chi connectivity index (χ2v) is 6.76. The van der Waals surface area contributed by atoms with Gasteiger partial charge in [0.15, 0.2) is 0 Å². The molecule has 1 atom stereocenters. The highest BCUT2D eigenvalue weighted by Crippen LogP contribution is 2.39.